The summed E-state index contributed by atoms with van der Waals surface area (Å²) in [4.78, 5) is 0. The van der Waals surface area contributed by atoms with Crippen LogP contribution in [0.5, 0.6) is 0 Å². The van der Waals surface area contributed by atoms with E-state index in [0.29, 0.717) is 0 Å². The van der Waals surface area contributed by atoms with Gasteiger partial charge in [-0.3, -0.25) is 0 Å². The van der Waals surface area contributed by atoms with Crippen LogP contribution in [0, 0.1) is 0 Å². The number of halogens is 3. The lowest BCUT2D eigenvalue weighted by Gasteiger charge is -2.60. The maximum Gasteiger partial charge on any atom is 0.294 e. The highest BCUT2D eigenvalue weighted by Gasteiger charge is 2.62. The molecule has 15 heavy (non-hydrogen) atoms. The third-order valence-corrected chi connectivity index (χ3v) is 26.0. The topological polar surface area (TPSA) is 9.72 Å². The molecule has 1 fully saturated rings. The van der Waals surface area contributed by atoms with E-state index in [1.165, 1.54) is 0 Å². The van der Waals surface area contributed by atoms with Gasteiger partial charge in [0, 0.05) is 0 Å². The minimum atomic E-state index is -2.15. The van der Waals surface area contributed by atoms with Crippen molar-refractivity contribution in [3.05, 3.63) is 0 Å². The minimum Gasteiger partial charge on any atom is -0.301 e. The lowest BCUT2D eigenvalue weighted by molar-refractivity contribution is 0.521. The molecule has 1 saturated heterocycles. The second-order valence-electron chi connectivity index (χ2n) is 4.39. The molecule has 0 aromatic heterocycles. The van der Waals surface area contributed by atoms with Crippen LogP contribution in [0.15, 0.2) is 0 Å². The van der Waals surface area contributed by atoms with E-state index in [-0.39, 0.29) is 0 Å². The summed E-state index contributed by atoms with van der Waals surface area (Å²) in [6.45, 7) is 6.26. The fourth-order valence-corrected chi connectivity index (χ4v) is 25.7. The maximum absolute atomic E-state index is 6.67. The Balaban J connectivity index is 3.24. The van der Waals surface area contributed by atoms with Gasteiger partial charge < -0.3 is 12.7 Å². The maximum atomic E-state index is 6.67. The first-order valence-electron chi connectivity index (χ1n) is 4.75. The Morgan fingerprint density at radius 2 is 0.733 bits per heavy atom. The molecular formula is C6H18Cl3N3Si3. The van der Waals surface area contributed by atoms with E-state index in [4.69, 9.17) is 33.2 Å². The summed E-state index contributed by atoms with van der Waals surface area (Å²) in [5.41, 5.74) is 0. The molecule has 0 aromatic rings. The molecule has 0 amide bonds. The first kappa shape index (κ1) is 14.5. The van der Waals surface area contributed by atoms with Gasteiger partial charge >= 0.3 is 0 Å². The van der Waals surface area contributed by atoms with Crippen molar-refractivity contribution in [3.8, 4) is 0 Å². The third-order valence-electron chi connectivity index (χ3n) is 3.67. The molecule has 9 heteroatoms. The SMILES string of the molecule is CN1[Si](C)(Cl)N(C)[Si](C)(Cl)N(C)[Si]1(C)Cl. The number of rotatable bonds is 0. The Hall–Kier alpha value is 1.40. The summed E-state index contributed by atoms with van der Waals surface area (Å²) in [7, 11) is -0.400. The van der Waals surface area contributed by atoms with E-state index in [1.54, 1.807) is 0 Å². The van der Waals surface area contributed by atoms with E-state index >= 15 is 0 Å². The average Bonchev–Trinajstić information content (AvgIpc) is 2.12. The largest absolute Gasteiger partial charge is 0.301 e. The Morgan fingerprint density at radius 1 is 0.600 bits per heavy atom. The normalized spacial score (nSPS) is 51.0. The summed E-state index contributed by atoms with van der Waals surface area (Å²) >= 11 is 20.0. The van der Waals surface area contributed by atoms with Gasteiger partial charge in [-0.15, -0.1) is 33.2 Å². The zero-order chi connectivity index (χ0) is 12.2. The standard InChI is InChI=1S/C6H18Cl3N3Si3/c1-10-13(4,7)11(2)15(6,9)12(3)14(10,5)8/h1-6H3. The molecular weight excluding hydrogens is 305 g/mol. The predicted molar refractivity (Wildman–Crippen MR) is 75.7 cm³/mol. The molecule has 0 atom stereocenters. The van der Waals surface area contributed by atoms with Gasteiger partial charge in [-0.25, -0.2) is 0 Å². The zero-order valence-corrected chi connectivity index (χ0v) is 15.2. The molecule has 0 bridgehead atoms. The molecule has 1 aliphatic rings. The quantitative estimate of drug-likeness (QED) is 0.500. The molecule has 0 aliphatic carbocycles. The van der Waals surface area contributed by atoms with Crippen LogP contribution >= 0.6 is 33.2 Å². The van der Waals surface area contributed by atoms with E-state index in [1.807, 2.05) is 21.1 Å². The summed E-state index contributed by atoms with van der Waals surface area (Å²) in [6.07, 6.45) is 0. The molecule has 0 unspecified atom stereocenters. The Kier molecular flexibility index (Phi) is 3.82. The van der Waals surface area contributed by atoms with E-state index in [2.05, 4.69) is 32.3 Å². The predicted octanol–water partition coefficient (Wildman–Crippen LogP) is 2.22. The van der Waals surface area contributed by atoms with Crippen molar-refractivity contribution in [2.24, 2.45) is 0 Å². The molecule has 90 valence electrons. The second-order valence-corrected chi connectivity index (χ2v) is 21.6. The summed E-state index contributed by atoms with van der Waals surface area (Å²) in [6, 6.07) is 0. The molecule has 0 spiro atoms. The summed E-state index contributed by atoms with van der Waals surface area (Å²) < 4.78 is 6.54. The van der Waals surface area contributed by atoms with Crippen LogP contribution < -0.4 is 0 Å². The Bertz CT molecular complexity index is 213. The van der Waals surface area contributed by atoms with Crippen LogP contribution in [0.4, 0.5) is 0 Å². The van der Waals surface area contributed by atoms with E-state index < -0.39 is 23.1 Å². The minimum absolute atomic E-state index is 2.02. The highest BCUT2D eigenvalue weighted by Crippen LogP contribution is 2.40. The van der Waals surface area contributed by atoms with Crippen molar-refractivity contribution >= 4 is 56.4 Å². The van der Waals surface area contributed by atoms with Gasteiger partial charge in [-0.05, 0) is 40.8 Å². The number of hydrogen-bond donors (Lipinski definition) is 0. The molecule has 0 saturated carbocycles. The zero-order valence-electron chi connectivity index (χ0n) is 9.98. The summed E-state index contributed by atoms with van der Waals surface area (Å²) in [5, 5.41) is 0. The lowest BCUT2D eigenvalue weighted by Crippen LogP contribution is -2.85. The van der Waals surface area contributed by atoms with Crippen LogP contribution in [0.25, 0.3) is 0 Å². The highest BCUT2D eigenvalue weighted by molar-refractivity contribution is 7.38. The first-order valence-corrected chi connectivity index (χ1v) is 15.0. The van der Waals surface area contributed by atoms with Crippen LogP contribution in [-0.2, 0) is 0 Å². The van der Waals surface area contributed by atoms with Crippen LogP contribution in [-0.4, -0.2) is 57.0 Å². The summed E-state index contributed by atoms with van der Waals surface area (Å²) in [5.74, 6) is 0. The molecule has 1 heterocycles. The van der Waals surface area contributed by atoms with Gasteiger partial charge in [0.15, 0.2) is 0 Å². The third kappa shape index (κ3) is 1.98. The molecule has 0 radical (unpaired) electrons. The van der Waals surface area contributed by atoms with Gasteiger partial charge in [0.2, 0.25) is 0 Å². The Morgan fingerprint density at radius 3 is 0.867 bits per heavy atom. The molecule has 1 rings (SSSR count). The van der Waals surface area contributed by atoms with Crippen molar-refractivity contribution in [2.45, 2.75) is 19.6 Å². The first-order chi connectivity index (χ1) is 6.46. The molecule has 3 nitrogen and oxygen atoms in total. The van der Waals surface area contributed by atoms with Gasteiger partial charge in [0.25, 0.3) is 23.1 Å². The average molecular weight is 323 g/mol. The van der Waals surface area contributed by atoms with Crippen LogP contribution in [0.1, 0.15) is 0 Å². The van der Waals surface area contributed by atoms with Crippen LogP contribution in [0.3, 0.4) is 0 Å². The fourth-order valence-electron chi connectivity index (χ4n) is 1.79. The monoisotopic (exact) mass is 321 g/mol. The van der Waals surface area contributed by atoms with Crippen LogP contribution in [0.2, 0.25) is 19.6 Å². The van der Waals surface area contributed by atoms with Gasteiger partial charge in [-0.2, -0.15) is 0 Å². The van der Waals surface area contributed by atoms with Crippen molar-refractivity contribution < 1.29 is 0 Å². The fraction of sp³-hybridized carbons (Fsp3) is 1.00. The van der Waals surface area contributed by atoms with Gasteiger partial charge in [-0.1, -0.05) is 0 Å². The highest BCUT2D eigenvalue weighted by atomic mass is 35.6. The Labute approximate surface area is 109 Å². The smallest absolute Gasteiger partial charge is 0.294 e. The molecule has 1 aliphatic heterocycles. The van der Waals surface area contributed by atoms with E-state index in [0.717, 1.165) is 0 Å². The molecule has 0 aromatic carbocycles. The van der Waals surface area contributed by atoms with Crippen molar-refractivity contribution in [2.75, 3.05) is 21.1 Å². The van der Waals surface area contributed by atoms with Crippen molar-refractivity contribution in [1.82, 2.24) is 12.7 Å². The molecule has 0 N–H and O–H groups in total. The lowest BCUT2D eigenvalue weighted by atomic mass is 11.6. The number of hydrogen-bond acceptors (Lipinski definition) is 3. The van der Waals surface area contributed by atoms with E-state index in [9.17, 15) is 0 Å². The van der Waals surface area contributed by atoms with Crippen molar-refractivity contribution in [3.63, 3.8) is 0 Å². The van der Waals surface area contributed by atoms with Gasteiger partial charge in [0.1, 0.15) is 0 Å². The van der Waals surface area contributed by atoms with Gasteiger partial charge in [0.05, 0.1) is 0 Å². The van der Waals surface area contributed by atoms with Crippen molar-refractivity contribution in [1.29, 1.82) is 0 Å². The number of nitrogens with zero attached hydrogens (tertiary/aromatic N) is 3. The second kappa shape index (κ2) is 3.96.